The molecule has 0 spiro atoms. The molecule has 0 heterocycles. The molecule has 0 aromatic carbocycles. The summed E-state index contributed by atoms with van der Waals surface area (Å²) in [5, 5.41) is 0. The molecule has 0 saturated carbocycles. The lowest BCUT2D eigenvalue weighted by Crippen LogP contribution is -2.07. The lowest BCUT2D eigenvalue weighted by molar-refractivity contribution is -0.115. The van der Waals surface area contributed by atoms with Crippen molar-refractivity contribution in [2.75, 3.05) is 6.26 Å². The molecular formula is C12H22O2S. The minimum Gasteiger partial charge on any atom is -0.294 e. The molecule has 0 radical (unpaired) electrons. The minimum atomic E-state index is -1.13. The summed E-state index contributed by atoms with van der Waals surface area (Å²) in [7, 11) is -1.13. The fraction of sp³-hybridized carbons (Fsp3) is 0.750. The van der Waals surface area contributed by atoms with E-state index in [0.29, 0.717) is 11.3 Å². The van der Waals surface area contributed by atoms with Gasteiger partial charge >= 0.3 is 0 Å². The number of rotatable bonds is 8. The Hall–Kier alpha value is -0.440. The molecule has 0 aliphatic rings. The predicted octanol–water partition coefficient (Wildman–Crippen LogP) is 3.20. The number of carbonyl (C=O) groups excluding carboxylic acids is 1. The van der Waals surface area contributed by atoms with E-state index in [-0.39, 0.29) is 5.78 Å². The molecule has 3 heteroatoms. The van der Waals surface area contributed by atoms with Crippen molar-refractivity contribution in [3.05, 3.63) is 11.0 Å². The van der Waals surface area contributed by atoms with Crippen molar-refractivity contribution in [2.45, 2.75) is 52.4 Å². The van der Waals surface area contributed by atoms with Gasteiger partial charge in [0.25, 0.3) is 0 Å². The molecular weight excluding hydrogens is 208 g/mol. The Morgan fingerprint density at radius 1 is 1.20 bits per heavy atom. The molecule has 88 valence electrons. The molecule has 15 heavy (non-hydrogen) atoms. The number of carbonyl (C=O) groups is 1. The summed E-state index contributed by atoms with van der Waals surface area (Å²) in [5.74, 6) is 0.0637. The topological polar surface area (TPSA) is 34.1 Å². The predicted molar refractivity (Wildman–Crippen MR) is 66.2 cm³/mol. The third-order valence-electron chi connectivity index (χ3n) is 2.23. The second kappa shape index (κ2) is 8.84. The summed E-state index contributed by atoms with van der Waals surface area (Å²) in [6.07, 6.45) is 9.05. The summed E-state index contributed by atoms with van der Waals surface area (Å²) in [6, 6.07) is 0. The Labute approximate surface area is 95.6 Å². The van der Waals surface area contributed by atoms with Gasteiger partial charge in [-0.3, -0.25) is 9.00 Å². The second-order valence-corrected chi connectivity index (χ2v) is 5.01. The van der Waals surface area contributed by atoms with Crippen LogP contribution in [0.4, 0.5) is 0 Å². The van der Waals surface area contributed by atoms with Gasteiger partial charge in [-0.25, -0.2) is 0 Å². The second-order valence-electron chi connectivity index (χ2n) is 3.66. The Bertz CT molecular complexity index is 244. The van der Waals surface area contributed by atoms with Crippen LogP contribution in [-0.2, 0) is 15.6 Å². The van der Waals surface area contributed by atoms with Crippen molar-refractivity contribution in [3.8, 4) is 0 Å². The molecule has 1 atom stereocenters. The number of unbranched alkanes of at least 4 members (excludes halogenated alkanes) is 3. The first-order chi connectivity index (χ1) is 7.13. The van der Waals surface area contributed by atoms with Gasteiger partial charge in [-0.2, -0.15) is 0 Å². The molecule has 0 amide bonds. The summed E-state index contributed by atoms with van der Waals surface area (Å²) in [6.45, 7) is 4.10. The highest BCUT2D eigenvalue weighted by atomic mass is 32.2. The Balaban J connectivity index is 4.05. The van der Waals surface area contributed by atoms with Crippen LogP contribution in [0.25, 0.3) is 0 Å². The zero-order valence-electron chi connectivity index (χ0n) is 10.0. The van der Waals surface area contributed by atoms with Gasteiger partial charge in [0.2, 0.25) is 0 Å². The van der Waals surface area contributed by atoms with Crippen molar-refractivity contribution in [1.29, 1.82) is 0 Å². The lowest BCUT2D eigenvalue weighted by Gasteiger charge is -2.03. The van der Waals surface area contributed by atoms with Crippen molar-refractivity contribution < 1.29 is 9.00 Å². The van der Waals surface area contributed by atoms with Gasteiger partial charge in [0.05, 0.1) is 15.7 Å². The van der Waals surface area contributed by atoms with Gasteiger partial charge < -0.3 is 0 Å². The van der Waals surface area contributed by atoms with Crippen LogP contribution in [0.2, 0.25) is 0 Å². The monoisotopic (exact) mass is 230 g/mol. The van der Waals surface area contributed by atoms with Gasteiger partial charge in [-0.05, 0) is 12.8 Å². The molecule has 0 aliphatic carbocycles. The molecule has 0 aromatic rings. The third kappa shape index (κ3) is 6.61. The standard InChI is InChI=1S/C12H22O2S/c1-4-6-7-8-10-11(13)12(9-5-2)15(3)14/h9H,4-8,10H2,1-3H3/b12-9-. The molecule has 0 N–H and O–H groups in total. The van der Waals surface area contributed by atoms with Crippen molar-refractivity contribution >= 4 is 16.6 Å². The first-order valence-electron chi connectivity index (χ1n) is 5.70. The summed E-state index contributed by atoms with van der Waals surface area (Å²) >= 11 is 0. The van der Waals surface area contributed by atoms with E-state index >= 15 is 0 Å². The highest BCUT2D eigenvalue weighted by Gasteiger charge is 2.11. The SMILES string of the molecule is CC/C=C(/C(=O)CCCCCC)S(C)=O. The van der Waals surface area contributed by atoms with Crippen molar-refractivity contribution in [2.24, 2.45) is 0 Å². The van der Waals surface area contributed by atoms with Crippen molar-refractivity contribution in [3.63, 3.8) is 0 Å². The number of Topliss-reactive ketones (excluding diaryl/α,β-unsaturated/α-hetero) is 1. The van der Waals surface area contributed by atoms with E-state index in [1.807, 2.05) is 6.92 Å². The average molecular weight is 230 g/mol. The van der Waals surface area contributed by atoms with Crippen LogP contribution in [0.5, 0.6) is 0 Å². The fourth-order valence-electron chi connectivity index (χ4n) is 1.41. The van der Waals surface area contributed by atoms with E-state index in [9.17, 15) is 9.00 Å². The van der Waals surface area contributed by atoms with Crippen LogP contribution in [0, 0.1) is 0 Å². The fourth-order valence-corrected chi connectivity index (χ4v) is 2.24. The van der Waals surface area contributed by atoms with Crippen LogP contribution in [0.3, 0.4) is 0 Å². The van der Waals surface area contributed by atoms with Crippen LogP contribution in [0.1, 0.15) is 52.4 Å². The maximum absolute atomic E-state index is 11.7. The Morgan fingerprint density at radius 2 is 1.87 bits per heavy atom. The van der Waals surface area contributed by atoms with Gasteiger partial charge in [0.15, 0.2) is 5.78 Å². The first-order valence-corrected chi connectivity index (χ1v) is 7.26. The van der Waals surface area contributed by atoms with Crippen LogP contribution in [0.15, 0.2) is 11.0 Å². The van der Waals surface area contributed by atoms with Crippen LogP contribution in [-0.4, -0.2) is 16.2 Å². The maximum atomic E-state index is 11.7. The van der Waals surface area contributed by atoms with E-state index in [0.717, 1.165) is 19.3 Å². The van der Waals surface area contributed by atoms with E-state index < -0.39 is 10.8 Å². The molecule has 2 nitrogen and oxygen atoms in total. The maximum Gasteiger partial charge on any atom is 0.171 e. The molecule has 0 aliphatic heterocycles. The number of hydrogen-bond acceptors (Lipinski definition) is 2. The molecule has 0 rings (SSSR count). The smallest absolute Gasteiger partial charge is 0.171 e. The number of ketones is 1. The Morgan fingerprint density at radius 3 is 2.33 bits per heavy atom. The zero-order valence-corrected chi connectivity index (χ0v) is 10.9. The van der Waals surface area contributed by atoms with Gasteiger partial charge in [-0.1, -0.05) is 39.2 Å². The van der Waals surface area contributed by atoms with Crippen LogP contribution < -0.4 is 0 Å². The van der Waals surface area contributed by atoms with Crippen molar-refractivity contribution in [1.82, 2.24) is 0 Å². The molecule has 0 saturated heterocycles. The van der Waals surface area contributed by atoms with E-state index in [4.69, 9.17) is 0 Å². The Kier molecular flexibility index (Phi) is 8.58. The zero-order chi connectivity index (χ0) is 11.7. The largest absolute Gasteiger partial charge is 0.294 e. The van der Waals surface area contributed by atoms with E-state index in [1.165, 1.54) is 12.8 Å². The summed E-state index contributed by atoms with van der Waals surface area (Å²) < 4.78 is 11.3. The normalized spacial score (nSPS) is 13.9. The minimum absolute atomic E-state index is 0.0637. The lowest BCUT2D eigenvalue weighted by atomic mass is 10.1. The highest BCUT2D eigenvalue weighted by Crippen LogP contribution is 2.10. The molecule has 1 unspecified atom stereocenters. The quantitative estimate of drug-likeness (QED) is 0.474. The number of hydrogen-bond donors (Lipinski definition) is 0. The number of allylic oxidation sites excluding steroid dienone is 2. The summed E-state index contributed by atoms with van der Waals surface area (Å²) in [4.78, 5) is 12.2. The summed E-state index contributed by atoms with van der Waals surface area (Å²) in [5.41, 5.74) is 0. The van der Waals surface area contributed by atoms with Gasteiger partial charge in [0, 0.05) is 12.7 Å². The van der Waals surface area contributed by atoms with Gasteiger partial charge in [-0.15, -0.1) is 0 Å². The molecule has 0 aromatic heterocycles. The highest BCUT2D eigenvalue weighted by molar-refractivity contribution is 7.89. The van der Waals surface area contributed by atoms with E-state index in [2.05, 4.69) is 6.92 Å². The molecule has 0 bridgehead atoms. The third-order valence-corrected chi connectivity index (χ3v) is 3.25. The first kappa shape index (κ1) is 14.6. The van der Waals surface area contributed by atoms with E-state index in [1.54, 1.807) is 12.3 Å². The van der Waals surface area contributed by atoms with Gasteiger partial charge in [0.1, 0.15) is 0 Å². The van der Waals surface area contributed by atoms with Crippen LogP contribution >= 0.6 is 0 Å². The molecule has 0 fully saturated rings. The average Bonchev–Trinajstić information content (AvgIpc) is 2.20.